The summed E-state index contributed by atoms with van der Waals surface area (Å²) >= 11 is 0. The summed E-state index contributed by atoms with van der Waals surface area (Å²) in [5.74, 6) is 0.148. The third kappa shape index (κ3) is 6.00. The maximum atomic E-state index is 11.7. The SMILES string of the molecule is CC(C)(C)OC(=O)C=Cc1cnc(N)c(CN2CCOCC2)c1. The van der Waals surface area contributed by atoms with E-state index in [1.54, 1.807) is 12.3 Å². The Morgan fingerprint density at radius 2 is 2.13 bits per heavy atom. The number of nitrogen functional groups attached to an aromatic ring is 1. The number of pyridine rings is 1. The first-order chi connectivity index (χ1) is 10.8. The van der Waals surface area contributed by atoms with Gasteiger partial charge in [-0.15, -0.1) is 0 Å². The third-order valence-electron chi connectivity index (χ3n) is 3.34. The molecule has 0 radical (unpaired) electrons. The van der Waals surface area contributed by atoms with Crippen LogP contribution in [0.5, 0.6) is 0 Å². The molecule has 126 valence electrons. The Bertz CT molecular complexity index is 573. The number of hydrogen-bond donors (Lipinski definition) is 1. The molecule has 0 aromatic carbocycles. The molecule has 1 fully saturated rings. The molecule has 0 spiro atoms. The first-order valence-corrected chi connectivity index (χ1v) is 7.79. The van der Waals surface area contributed by atoms with Crippen LogP contribution in [0.15, 0.2) is 18.3 Å². The maximum Gasteiger partial charge on any atom is 0.331 e. The second-order valence-corrected chi connectivity index (χ2v) is 6.57. The number of esters is 1. The monoisotopic (exact) mass is 319 g/mol. The maximum absolute atomic E-state index is 11.7. The van der Waals surface area contributed by atoms with E-state index < -0.39 is 5.60 Å². The summed E-state index contributed by atoms with van der Waals surface area (Å²) in [6.07, 6.45) is 4.76. The van der Waals surface area contributed by atoms with Crippen LogP contribution in [0, 0.1) is 0 Å². The fraction of sp³-hybridized carbons (Fsp3) is 0.529. The van der Waals surface area contributed by atoms with Gasteiger partial charge in [-0.2, -0.15) is 0 Å². The minimum atomic E-state index is -0.498. The van der Waals surface area contributed by atoms with E-state index in [4.69, 9.17) is 15.2 Å². The number of anilines is 1. The van der Waals surface area contributed by atoms with Gasteiger partial charge in [-0.1, -0.05) is 0 Å². The van der Waals surface area contributed by atoms with Crippen LogP contribution < -0.4 is 5.73 Å². The fourth-order valence-corrected chi connectivity index (χ4v) is 2.26. The van der Waals surface area contributed by atoms with E-state index in [0.29, 0.717) is 5.82 Å². The van der Waals surface area contributed by atoms with Crippen molar-refractivity contribution < 1.29 is 14.3 Å². The molecule has 0 bridgehead atoms. The van der Waals surface area contributed by atoms with Gasteiger partial charge in [0.05, 0.1) is 13.2 Å². The number of rotatable bonds is 4. The topological polar surface area (TPSA) is 77.7 Å². The average molecular weight is 319 g/mol. The molecule has 1 aromatic heterocycles. The van der Waals surface area contributed by atoms with E-state index in [-0.39, 0.29) is 5.97 Å². The van der Waals surface area contributed by atoms with E-state index in [1.165, 1.54) is 6.08 Å². The largest absolute Gasteiger partial charge is 0.457 e. The van der Waals surface area contributed by atoms with Gasteiger partial charge in [-0.3, -0.25) is 4.90 Å². The van der Waals surface area contributed by atoms with Crippen molar-refractivity contribution in [3.63, 3.8) is 0 Å². The predicted octanol–water partition coefficient (Wildman–Crippen LogP) is 1.85. The highest BCUT2D eigenvalue weighted by Crippen LogP contribution is 2.16. The van der Waals surface area contributed by atoms with Gasteiger partial charge in [0.25, 0.3) is 0 Å². The molecule has 2 heterocycles. The molecular weight excluding hydrogens is 294 g/mol. The number of nitrogens with zero attached hydrogens (tertiary/aromatic N) is 2. The second-order valence-electron chi connectivity index (χ2n) is 6.57. The lowest BCUT2D eigenvalue weighted by atomic mass is 10.1. The van der Waals surface area contributed by atoms with Gasteiger partial charge in [0.15, 0.2) is 0 Å². The second kappa shape index (κ2) is 7.57. The standard InChI is InChI=1S/C17H25N3O3/c1-17(2,3)23-15(21)5-4-13-10-14(16(18)19-11-13)12-20-6-8-22-9-7-20/h4-5,10-11H,6-9,12H2,1-3H3,(H2,18,19). The Kier molecular flexibility index (Phi) is 5.74. The highest BCUT2D eigenvalue weighted by atomic mass is 16.6. The number of carbonyl (C=O) groups excluding carboxylic acids is 1. The molecule has 0 amide bonds. The van der Waals surface area contributed by atoms with Crippen molar-refractivity contribution in [1.82, 2.24) is 9.88 Å². The zero-order valence-electron chi connectivity index (χ0n) is 14.0. The van der Waals surface area contributed by atoms with Crippen LogP contribution in [0.2, 0.25) is 0 Å². The first kappa shape index (κ1) is 17.4. The molecule has 0 saturated carbocycles. The van der Waals surface area contributed by atoms with Crippen LogP contribution in [-0.4, -0.2) is 47.8 Å². The molecule has 1 aliphatic heterocycles. The Hall–Kier alpha value is -1.92. The lowest BCUT2D eigenvalue weighted by Crippen LogP contribution is -2.35. The summed E-state index contributed by atoms with van der Waals surface area (Å²) in [4.78, 5) is 18.2. The molecule has 0 unspecified atom stereocenters. The van der Waals surface area contributed by atoms with E-state index in [0.717, 1.165) is 44.0 Å². The van der Waals surface area contributed by atoms with Gasteiger partial charge in [0.1, 0.15) is 11.4 Å². The molecule has 0 atom stereocenters. The van der Waals surface area contributed by atoms with Crippen LogP contribution in [-0.2, 0) is 20.8 Å². The average Bonchev–Trinajstić information content (AvgIpc) is 2.47. The Balaban J connectivity index is 2.02. The molecule has 6 heteroatoms. The number of hydrogen-bond acceptors (Lipinski definition) is 6. The van der Waals surface area contributed by atoms with Crippen LogP contribution in [0.1, 0.15) is 31.9 Å². The van der Waals surface area contributed by atoms with Gasteiger partial charge in [-0.25, -0.2) is 9.78 Å². The number of nitrogens with two attached hydrogens (primary N) is 1. The highest BCUT2D eigenvalue weighted by Gasteiger charge is 2.15. The zero-order chi connectivity index (χ0) is 16.9. The van der Waals surface area contributed by atoms with Crippen molar-refractivity contribution in [2.45, 2.75) is 32.9 Å². The highest BCUT2D eigenvalue weighted by molar-refractivity contribution is 5.87. The van der Waals surface area contributed by atoms with Gasteiger partial charge in [-0.05, 0) is 38.5 Å². The molecule has 1 saturated heterocycles. The summed E-state index contributed by atoms with van der Waals surface area (Å²) in [6, 6.07) is 1.96. The lowest BCUT2D eigenvalue weighted by molar-refractivity contribution is -0.148. The van der Waals surface area contributed by atoms with Crippen LogP contribution >= 0.6 is 0 Å². The summed E-state index contributed by atoms with van der Waals surface area (Å²) in [7, 11) is 0. The normalized spacial score (nSPS) is 16.7. The van der Waals surface area contributed by atoms with Crippen molar-refractivity contribution in [3.8, 4) is 0 Å². The first-order valence-electron chi connectivity index (χ1n) is 7.79. The quantitative estimate of drug-likeness (QED) is 0.674. The molecule has 2 N–H and O–H groups in total. The minimum absolute atomic E-state index is 0.371. The van der Waals surface area contributed by atoms with Crippen molar-refractivity contribution in [1.29, 1.82) is 0 Å². The summed E-state index contributed by atoms with van der Waals surface area (Å²) in [6.45, 7) is 9.50. The van der Waals surface area contributed by atoms with E-state index in [9.17, 15) is 4.79 Å². The van der Waals surface area contributed by atoms with Crippen LogP contribution in [0.3, 0.4) is 0 Å². The van der Waals surface area contributed by atoms with E-state index >= 15 is 0 Å². The molecular formula is C17H25N3O3. The molecule has 23 heavy (non-hydrogen) atoms. The summed E-state index contributed by atoms with van der Waals surface area (Å²) in [5, 5.41) is 0. The van der Waals surface area contributed by atoms with Gasteiger partial charge < -0.3 is 15.2 Å². The Morgan fingerprint density at radius 3 is 2.78 bits per heavy atom. The van der Waals surface area contributed by atoms with Crippen molar-refractivity contribution >= 4 is 17.9 Å². The number of morpholine rings is 1. The third-order valence-corrected chi connectivity index (χ3v) is 3.34. The van der Waals surface area contributed by atoms with Gasteiger partial charge in [0.2, 0.25) is 0 Å². The minimum Gasteiger partial charge on any atom is -0.457 e. The van der Waals surface area contributed by atoms with Crippen molar-refractivity contribution in [2.24, 2.45) is 0 Å². The van der Waals surface area contributed by atoms with E-state index in [2.05, 4.69) is 9.88 Å². The van der Waals surface area contributed by atoms with Crippen LogP contribution in [0.4, 0.5) is 5.82 Å². The molecule has 6 nitrogen and oxygen atoms in total. The number of ether oxygens (including phenoxy) is 2. The van der Waals surface area contributed by atoms with Gasteiger partial charge >= 0.3 is 5.97 Å². The van der Waals surface area contributed by atoms with Crippen molar-refractivity contribution in [2.75, 3.05) is 32.0 Å². The fourth-order valence-electron chi connectivity index (χ4n) is 2.26. The lowest BCUT2D eigenvalue weighted by Gasteiger charge is -2.26. The molecule has 1 aliphatic rings. The summed E-state index contributed by atoms with van der Waals surface area (Å²) in [5.41, 5.74) is 7.25. The zero-order valence-corrected chi connectivity index (χ0v) is 14.0. The smallest absolute Gasteiger partial charge is 0.331 e. The van der Waals surface area contributed by atoms with Crippen molar-refractivity contribution in [3.05, 3.63) is 29.5 Å². The number of aromatic nitrogens is 1. The Morgan fingerprint density at radius 1 is 1.43 bits per heavy atom. The number of carbonyl (C=O) groups is 1. The van der Waals surface area contributed by atoms with Gasteiger partial charge in [0, 0.05) is 37.5 Å². The molecule has 2 rings (SSSR count). The predicted molar refractivity (Wildman–Crippen MR) is 89.6 cm³/mol. The Labute approximate surface area is 137 Å². The van der Waals surface area contributed by atoms with E-state index in [1.807, 2.05) is 26.8 Å². The van der Waals surface area contributed by atoms with Crippen LogP contribution in [0.25, 0.3) is 6.08 Å². The molecule has 1 aromatic rings. The molecule has 0 aliphatic carbocycles. The summed E-state index contributed by atoms with van der Waals surface area (Å²) < 4.78 is 10.6.